The molecule has 0 aromatic heterocycles. The summed E-state index contributed by atoms with van der Waals surface area (Å²) in [6, 6.07) is 15.0. The van der Waals surface area contributed by atoms with Gasteiger partial charge in [-0.2, -0.15) is 0 Å². The molecule has 0 fully saturated rings. The Kier molecular flexibility index (Phi) is 5.31. The summed E-state index contributed by atoms with van der Waals surface area (Å²) in [6.45, 7) is 0. The summed E-state index contributed by atoms with van der Waals surface area (Å²) in [5.41, 5.74) is 2.40. The molecule has 0 aliphatic carbocycles. The van der Waals surface area contributed by atoms with Crippen LogP contribution in [0, 0.1) is 0 Å². The van der Waals surface area contributed by atoms with Crippen LogP contribution < -0.4 is 4.74 Å². The van der Waals surface area contributed by atoms with Gasteiger partial charge in [0.2, 0.25) is 0 Å². The molecule has 4 heteroatoms. The number of Topliss-reactive ketones (excluding diaryl/α,β-unsaturated/α-hetero) is 1. The Morgan fingerprint density at radius 2 is 1.77 bits per heavy atom. The summed E-state index contributed by atoms with van der Waals surface area (Å²) >= 11 is 0. The molecule has 2 aromatic carbocycles. The first kappa shape index (κ1) is 15.8. The minimum absolute atomic E-state index is 0.00738. The van der Waals surface area contributed by atoms with Crippen LogP contribution in [0.2, 0.25) is 0 Å². The number of ether oxygens (including phenoxy) is 1. The minimum Gasteiger partial charge on any atom is -0.496 e. The first-order valence-electron chi connectivity index (χ1n) is 7.10. The molecule has 0 radical (unpaired) electrons. The van der Waals surface area contributed by atoms with Gasteiger partial charge >= 0.3 is 5.97 Å². The fourth-order valence-corrected chi connectivity index (χ4v) is 2.27. The highest BCUT2D eigenvalue weighted by atomic mass is 16.5. The van der Waals surface area contributed by atoms with Gasteiger partial charge in [0.25, 0.3) is 0 Å². The van der Waals surface area contributed by atoms with Gasteiger partial charge in [-0.3, -0.25) is 9.59 Å². The quantitative estimate of drug-likeness (QED) is 0.790. The summed E-state index contributed by atoms with van der Waals surface area (Å²) < 4.78 is 5.36. The lowest BCUT2D eigenvalue weighted by Gasteiger charge is -2.10. The number of hydrogen-bond donors (Lipinski definition) is 1. The summed E-state index contributed by atoms with van der Waals surface area (Å²) in [6.07, 6.45) is 0.584. The van der Waals surface area contributed by atoms with E-state index in [1.807, 2.05) is 30.3 Å². The number of ketones is 1. The molecule has 0 saturated carbocycles. The fourth-order valence-electron chi connectivity index (χ4n) is 2.27. The van der Waals surface area contributed by atoms with Crippen LogP contribution in [0.25, 0.3) is 11.1 Å². The first-order valence-corrected chi connectivity index (χ1v) is 7.10. The highest BCUT2D eigenvalue weighted by Crippen LogP contribution is 2.31. The highest BCUT2D eigenvalue weighted by molar-refractivity contribution is 5.97. The van der Waals surface area contributed by atoms with Crippen molar-refractivity contribution >= 4 is 11.8 Å². The number of carboxylic acids is 1. The molecule has 2 rings (SSSR count). The molecule has 22 heavy (non-hydrogen) atoms. The maximum Gasteiger partial charge on any atom is 0.303 e. The zero-order valence-corrected chi connectivity index (χ0v) is 12.4. The van der Waals surface area contributed by atoms with E-state index in [4.69, 9.17) is 9.84 Å². The number of carbonyl (C=O) groups is 2. The second-order valence-electron chi connectivity index (χ2n) is 4.95. The SMILES string of the molecule is COc1ccc(C(=O)CCCC(=O)O)cc1-c1ccccc1. The van der Waals surface area contributed by atoms with Gasteiger partial charge in [0.05, 0.1) is 7.11 Å². The van der Waals surface area contributed by atoms with Crippen LogP contribution in [0.3, 0.4) is 0 Å². The number of carbonyl (C=O) groups excluding carboxylic acids is 1. The maximum absolute atomic E-state index is 12.2. The lowest BCUT2D eigenvalue weighted by molar-refractivity contribution is -0.137. The summed E-state index contributed by atoms with van der Waals surface area (Å²) in [7, 11) is 1.59. The normalized spacial score (nSPS) is 10.2. The monoisotopic (exact) mass is 298 g/mol. The number of rotatable bonds is 7. The molecule has 0 aliphatic rings. The largest absolute Gasteiger partial charge is 0.496 e. The molecular weight excluding hydrogens is 280 g/mol. The molecule has 1 N–H and O–H groups in total. The van der Waals surface area contributed by atoms with E-state index in [0.717, 1.165) is 11.1 Å². The van der Waals surface area contributed by atoms with Crippen molar-refractivity contribution in [3.8, 4) is 16.9 Å². The van der Waals surface area contributed by atoms with E-state index >= 15 is 0 Å². The molecule has 0 heterocycles. The molecule has 0 aliphatic heterocycles. The third kappa shape index (κ3) is 3.95. The van der Waals surface area contributed by atoms with E-state index in [1.54, 1.807) is 25.3 Å². The van der Waals surface area contributed by atoms with Gasteiger partial charge in [0.1, 0.15) is 5.75 Å². The first-order chi connectivity index (χ1) is 10.6. The van der Waals surface area contributed by atoms with Crippen molar-refractivity contribution in [1.82, 2.24) is 0 Å². The Morgan fingerprint density at radius 3 is 2.41 bits per heavy atom. The Morgan fingerprint density at radius 1 is 1.05 bits per heavy atom. The van der Waals surface area contributed by atoms with Crippen molar-refractivity contribution in [1.29, 1.82) is 0 Å². The maximum atomic E-state index is 12.2. The third-order valence-corrected chi connectivity index (χ3v) is 3.40. The second-order valence-corrected chi connectivity index (χ2v) is 4.95. The van der Waals surface area contributed by atoms with Gasteiger partial charge < -0.3 is 9.84 Å². The summed E-state index contributed by atoms with van der Waals surface area (Å²) in [5, 5.41) is 8.63. The standard InChI is InChI=1S/C18H18O4/c1-22-17-11-10-14(16(19)8-5-9-18(20)21)12-15(17)13-6-3-2-4-7-13/h2-4,6-7,10-12H,5,8-9H2,1H3,(H,20,21). The summed E-state index contributed by atoms with van der Waals surface area (Å²) in [5.74, 6) is -0.234. The van der Waals surface area contributed by atoms with Crippen molar-refractivity contribution in [2.45, 2.75) is 19.3 Å². The van der Waals surface area contributed by atoms with Crippen molar-refractivity contribution in [3.63, 3.8) is 0 Å². The highest BCUT2D eigenvalue weighted by Gasteiger charge is 2.12. The number of methoxy groups -OCH3 is 1. The van der Waals surface area contributed by atoms with Gasteiger partial charge in [-0.15, -0.1) is 0 Å². The van der Waals surface area contributed by atoms with E-state index < -0.39 is 5.97 Å². The predicted molar refractivity (Wildman–Crippen MR) is 84.2 cm³/mol. The van der Waals surface area contributed by atoms with Gasteiger partial charge in [-0.05, 0) is 30.2 Å². The molecule has 0 amide bonds. The van der Waals surface area contributed by atoms with Gasteiger partial charge in [-0.25, -0.2) is 0 Å². The van der Waals surface area contributed by atoms with Gasteiger partial charge in [0, 0.05) is 24.0 Å². The van der Waals surface area contributed by atoms with Crippen LogP contribution in [0.15, 0.2) is 48.5 Å². The number of aliphatic carboxylic acids is 1. The number of carboxylic acid groups (broad SMARTS) is 1. The Labute approximate surface area is 129 Å². The molecule has 2 aromatic rings. The van der Waals surface area contributed by atoms with Crippen LogP contribution in [-0.2, 0) is 4.79 Å². The molecule has 0 spiro atoms. The zero-order valence-electron chi connectivity index (χ0n) is 12.4. The van der Waals surface area contributed by atoms with Crippen molar-refractivity contribution in [2.24, 2.45) is 0 Å². The zero-order chi connectivity index (χ0) is 15.9. The van der Waals surface area contributed by atoms with Crippen molar-refractivity contribution in [3.05, 3.63) is 54.1 Å². The number of benzene rings is 2. The van der Waals surface area contributed by atoms with Crippen LogP contribution >= 0.6 is 0 Å². The average molecular weight is 298 g/mol. The summed E-state index contributed by atoms with van der Waals surface area (Å²) in [4.78, 5) is 22.7. The van der Waals surface area contributed by atoms with E-state index in [0.29, 0.717) is 17.7 Å². The molecule has 114 valence electrons. The van der Waals surface area contributed by atoms with Crippen LogP contribution in [0.1, 0.15) is 29.6 Å². The third-order valence-electron chi connectivity index (χ3n) is 3.40. The van der Waals surface area contributed by atoms with E-state index in [2.05, 4.69) is 0 Å². The topological polar surface area (TPSA) is 63.6 Å². The number of hydrogen-bond acceptors (Lipinski definition) is 3. The van der Waals surface area contributed by atoms with E-state index in [-0.39, 0.29) is 18.6 Å². The van der Waals surface area contributed by atoms with Crippen LogP contribution in [0.4, 0.5) is 0 Å². The van der Waals surface area contributed by atoms with Crippen LogP contribution in [-0.4, -0.2) is 24.0 Å². The predicted octanol–water partition coefficient (Wildman–Crippen LogP) is 3.80. The minimum atomic E-state index is -0.882. The molecule has 0 bridgehead atoms. The lowest BCUT2D eigenvalue weighted by Crippen LogP contribution is -2.02. The molecule has 0 saturated heterocycles. The molecule has 0 unspecified atom stereocenters. The van der Waals surface area contributed by atoms with E-state index in [9.17, 15) is 9.59 Å². The van der Waals surface area contributed by atoms with Crippen LogP contribution in [0.5, 0.6) is 5.75 Å². The molecule has 4 nitrogen and oxygen atoms in total. The molecule has 0 atom stereocenters. The smallest absolute Gasteiger partial charge is 0.303 e. The van der Waals surface area contributed by atoms with Gasteiger partial charge in [0.15, 0.2) is 5.78 Å². The van der Waals surface area contributed by atoms with E-state index in [1.165, 1.54) is 0 Å². The second kappa shape index (κ2) is 7.41. The fraction of sp³-hybridized carbons (Fsp3) is 0.222. The lowest BCUT2D eigenvalue weighted by atomic mass is 9.98. The van der Waals surface area contributed by atoms with Crippen molar-refractivity contribution in [2.75, 3.05) is 7.11 Å². The van der Waals surface area contributed by atoms with Gasteiger partial charge in [-0.1, -0.05) is 30.3 Å². The van der Waals surface area contributed by atoms with Crippen molar-refractivity contribution < 1.29 is 19.4 Å². The Balaban J connectivity index is 2.24. The average Bonchev–Trinajstić information content (AvgIpc) is 2.54. The molecular formula is C18H18O4. The Bertz CT molecular complexity index is 662. The Hall–Kier alpha value is -2.62.